The van der Waals surface area contributed by atoms with Gasteiger partial charge in [0.2, 0.25) is 0 Å². The average molecular weight is 342 g/mol. The molecule has 132 valence electrons. The maximum atomic E-state index is 14.4. The summed E-state index contributed by atoms with van der Waals surface area (Å²) in [7, 11) is 0. The van der Waals surface area contributed by atoms with Crippen LogP contribution in [0.5, 0.6) is 0 Å². The lowest BCUT2D eigenvalue weighted by molar-refractivity contribution is 0.0928. The van der Waals surface area contributed by atoms with Gasteiger partial charge in [0.1, 0.15) is 5.82 Å². The van der Waals surface area contributed by atoms with Gasteiger partial charge in [-0.3, -0.25) is 4.79 Å². The van der Waals surface area contributed by atoms with E-state index in [1.165, 1.54) is 6.07 Å². The van der Waals surface area contributed by atoms with Crippen LogP contribution in [-0.4, -0.2) is 34.6 Å². The highest BCUT2D eigenvalue weighted by molar-refractivity contribution is 5.94. The van der Waals surface area contributed by atoms with Crippen molar-refractivity contribution in [1.82, 2.24) is 14.9 Å². The predicted octanol–water partition coefficient (Wildman–Crippen LogP) is 3.15. The molecular formula is C19H23FN4O. The van der Waals surface area contributed by atoms with E-state index in [-0.39, 0.29) is 23.8 Å². The van der Waals surface area contributed by atoms with Gasteiger partial charge < -0.3 is 14.8 Å². The lowest BCUT2D eigenvalue weighted by Gasteiger charge is -2.23. The van der Waals surface area contributed by atoms with Gasteiger partial charge in [0.05, 0.1) is 18.1 Å². The van der Waals surface area contributed by atoms with Crippen LogP contribution in [0, 0.1) is 5.82 Å². The molecule has 1 aromatic carbocycles. The largest absolute Gasteiger partial charge is 0.369 e. The van der Waals surface area contributed by atoms with Crippen molar-refractivity contribution >= 4 is 11.6 Å². The monoisotopic (exact) mass is 342 g/mol. The van der Waals surface area contributed by atoms with E-state index in [0.717, 1.165) is 45.2 Å². The van der Waals surface area contributed by atoms with Crippen molar-refractivity contribution in [2.24, 2.45) is 0 Å². The normalized spacial score (nSPS) is 23.2. The Bertz CT molecular complexity index is 740. The first-order valence-corrected chi connectivity index (χ1v) is 9.05. The zero-order valence-corrected chi connectivity index (χ0v) is 14.2. The Balaban J connectivity index is 1.46. The number of benzene rings is 1. The first-order valence-electron chi connectivity index (χ1n) is 9.05. The molecule has 2 atom stereocenters. The van der Waals surface area contributed by atoms with E-state index >= 15 is 0 Å². The Labute approximate surface area is 146 Å². The molecule has 1 aromatic heterocycles. The molecule has 0 unspecified atom stereocenters. The minimum atomic E-state index is -0.313. The van der Waals surface area contributed by atoms with Crippen LogP contribution in [0.25, 0.3) is 0 Å². The SMILES string of the molecule is O=C(N[C@@H]1CCC[C@H]1n1ccnc1)c1ccc(N2CCCC2)c(F)c1. The fourth-order valence-corrected chi connectivity index (χ4v) is 4.05. The number of aromatic nitrogens is 2. The van der Waals surface area contributed by atoms with E-state index in [2.05, 4.69) is 14.9 Å². The maximum absolute atomic E-state index is 14.4. The summed E-state index contributed by atoms with van der Waals surface area (Å²) < 4.78 is 16.5. The first kappa shape index (κ1) is 16.1. The lowest BCUT2D eigenvalue weighted by Crippen LogP contribution is -2.38. The van der Waals surface area contributed by atoms with Gasteiger partial charge in [-0.15, -0.1) is 0 Å². The summed E-state index contributed by atoms with van der Waals surface area (Å²) in [6, 6.07) is 5.11. The Morgan fingerprint density at radius 3 is 2.76 bits per heavy atom. The average Bonchev–Trinajstić information content (AvgIpc) is 3.36. The third-order valence-electron chi connectivity index (χ3n) is 5.36. The van der Waals surface area contributed by atoms with Crippen LogP contribution in [0.3, 0.4) is 0 Å². The Morgan fingerprint density at radius 1 is 1.20 bits per heavy atom. The quantitative estimate of drug-likeness (QED) is 0.929. The summed E-state index contributed by atoms with van der Waals surface area (Å²) in [5.74, 6) is -0.518. The van der Waals surface area contributed by atoms with Gasteiger partial charge in [-0.2, -0.15) is 0 Å². The minimum Gasteiger partial charge on any atom is -0.369 e. The van der Waals surface area contributed by atoms with Crippen LogP contribution in [0.4, 0.5) is 10.1 Å². The molecular weight excluding hydrogens is 319 g/mol. The second-order valence-corrected chi connectivity index (χ2v) is 6.95. The van der Waals surface area contributed by atoms with Crippen LogP contribution in [0.1, 0.15) is 48.5 Å². The summed E-state index contributed by atoms with van der Waals surface area (Å²) >= 11 is 0. The molecule has 1 aliphatic carbocycles. The topological polar surface area (TPSA) is 50.2 Å². The zero-order valence-electron chi connectivity index (χ0n) is 14.2. The highest BCUT2D eigenvalue weighted by atomic mass is 19.1. The highest BCUT2D eigenvalue weighted by Gasteiger charge is 2.30. The number of nitrogens with one attached hydrogen (secondary N) is 1. The number of carbonyl (C=O) groups is 1. The van der Waals surface area contributed by atoms with E-state index in [9.17, 15) is 9.18 Å². The number of anilines is 1. The van der Waals surface area contributed by atoms with Gasteiger partial charge in [-0.1, -0.05) is 0 Å². The molecule has 1 amide bonds. The molecule has 1 saturated heterocycles. The highest BCUT2D eigenvalue weighted by Crippen LogP contribution is 2.30. The molecule has 1 saturated carbocycles. The van der Waals surface area contributed by atoms with Crippen molar-refractivity contribution in [2.45, 2.75) is 44.2 Å². The molecule has 2 fully saturated rings. The molecule has 5 nitrogen and oxygen atoms in total. The van der Waals surface area contributed by atoms with Crippen LogP contribution in [-0.2, 0) is 0 Å². The molecule has 6 heteroatoms. The van der Waals surface area contributed by atoms with Crippen molar-refractivity contribution in [2.75, 3.05) is 18.0 Å². The third kappa shape index (κ3) is 3.25. The second kappa shape index (κ2) is 6.86. The smallest absolute Gasteiger partial charge is 0.251 e. The Hall–Kier alpha value is -2.37. The van der Waals surface area contributed by atoms with E-state index in [0.29, 0.717) is 11.3 Å². The Kier molecular flexibility index (Phi) is 4.42. The van der Waals surface area contributed by atoms with Crippen LogP contribution in [0.2, 0.25) is 0 Å². The fraction of sp³-hybridized carbons (Fsp3) is 0.474. The van der Waals surface area contributed by atoms with Crippen molar-refractivity contribution < 1.29 is 9.18 Å². The van der Waals surface area contributed by atoms with Crippen molar-refractivity contribution in [3.05, 3.63) is 48.3 Å². The van der Waals surface area contributed by atoms with Gasteiger partial charge in [0.15, 0.2) is 0 Å². The van der Waals surface area contributed by atoms with Crippen LogP contribution in [0.15, 0.2) is 36.9 Å². The number of amides is 1. The number of nitrogens with zero attached hydrogens (tertiary/aromatic N) is 3. The van der Waals surface area contributed by atoms with Crippen LogP contribution < -0.4 is 10.2 Å². The number of rotatable bonds is 4. The Morgan fingerprint density at radius 2 is 2.04 bits per heavy atom. The molecule has 0 spiro atoms. The van der Waals surface area contributed by atoms with E-state index in [1.807, 2.05) is 11.1 Å². The summed E-state index contributed by atoms with van der Waals surface area (Å²) in [6.45, 7) is 1.77. The minimum absolute atomic E-state index is 0.0584. The zero-order chi connectivity index (χ0) is 17.2. The van der Waals surface area contributed by atoms with E-state index in [4.69, 9.17) is 0 Å². The number of hydrogen-bond acceptors (Lipinski definition) is 3. The summed E-state index contributed by atoms with van der Waals surface area (Å²) in [5, 5.41) is 3.08. The van der Waals surface area contributed by atoms with Gasteiger partial charge in [-0.05, 0) is 50.3 Å². The molecule has 0 radical (unpaired) electrons. The van der Waals surface area contributed by atoms with Crippen LogP contribution >= 0.6 is 0 Å². The number of halogens is 1. The standard InChI is InChI=1S/C19H23FN4O/c20-15-12-14(6-7-17(15)23-9-1-2-10-23)19(25)22-16-4-3-5-18(16)24-11-8-21-13-24/h6-8,11-13,16,18H,1-5,9-10H2,(H,22,25)/t16-,18-/m1/s1. The second-order valence-electron chi connectivity index (χ2n) is 6.95. The van der Waals surface area contributed by atoms with Gasteiger partial charge in [-0.25, -0.2) is 9.37 Å². The summed E-state index contributed by atoms with van der Waals surface area (Å²) in [5.41, 5.74) is 0.989. The molecule has 0 bridgehead atoms. The molecule has 25 heavy (non-hydrogen) atoms. The first-order chi connectivity index (χ1) is 12.2. The molecule has 4 rings (SSSR count). The van der Waals surface area contributed by atoms with Gasteiger partial charge in [0, 0.05) is 37.1 Å². The fourth-order valence-electron chi connectivity index (χ4n) is 4.05. The van der Waals surface area contributed by atoms with Gasteiger partial charge in [0.25, 0.3) is 5.91 Å². The van der Waals surface area contributed by atoms with Crippen molar-refractivity contribution in [3.8, 4) is 0 Å². The predicted molar refractivity (Wildman–Crippen MR) is 94.2 cm³/mol. The maximum Gasteiger partial charge on any atom is 0.251 e. The summed E-state index contributed by atoms with van der Waals surface area (Å²) in [4.78, 5) is 18.7. The molecule has 2 aliphatic rings. The summed E-state index contributed by atoms with van der Waals surface area (Å²) in [6.07, 6.45) is 10.7. The van der Waals surface area contributed by atoms with Crippen molar-refractivity contribution in [1.29, 1.82) is 0 Å². The lowest BCUT2D eigenvalue weighted by atomic mass is 10.1. The molecule has 1 N–H and O–H groups in total. The molecule has 2 aromatic rings. The molecule has 1 aliphatic heterocycles. The van der Waals surface area contributed by atoms with Gasteiger partial charge >= 0.3 is 0 Å². The third-order valence-corrected chi connectivity index (χ3v) is 5.36. The van der Waals surface area contributed by atoms with Crippen molar-refractivity contribution in [3.63, 3.8) is 0 Å². The number of imidazole rings is 1. The van der Waals surface area contributed by atoms with E-state index in [1.54, 1.807) is 24.7 Å². The van der Waals surface area contributed by atoms with E-state index < -0.39 is 0 Å². The number of hydrogen-bond donors (Lipinski definition) is 1. The number of carbonyl (C=O) groups excluding carboxylic acids is 1. The molecule has 2 heterocycles.